The molecule has 1 radical (unpaired) electrons. The number of likely N-dealkylation sites (tertiary alicyclic amines) is 1. The minimum Gasteiger partial charge on any atom is -0.355 e. The second kappa shape index (κ2) is 6.50. The molecule has 3 rings (SSSR count). The van der Waals surface area contributed by atoms with Crippen molar-refractivity contribution in [1.82, 2.24) is 9.80 Å². The Labute approximate surface area is 132 Å². The molecule has 2 aliphatic rings. The molecule has 1 aromatic rings. The van der Waals surface area contributed by atoms with Crippen molar-refractivity contribution in [3.8, 4) is 0 Å². The fourth-order valence-corrected chi connectivity index (χ4v) is 3.11. The number of nitrogens with two attached hydrogens (primary N) is 2. The molecular formula is C17H24N5. The molecule has 22 heavy (non-hydrogen) atoms. The average Bonchev–Trinajstić information content (AvgIpc) is 2.94. The van der Waals surface area contributed by atoms with Crippen LogP contribution in [0, 0.1) is 6.04 Å². The molecule has 5 nitrogen and oxygen atoms in total. The molecule has 1 saturated heterocycles. The van der Waals surface area contributed by atoms with Crippen LogP contribution in [0.5, 0.6) is 0 Å². The average molecular weight is 298 g/mol. The molecule has 0 bridgehead atoms. The molecule has 4 N–H and O–H groups in total. The van der Waals surface area contributed by atoms with E-state index in [4.69, 9.17) is 16.5 Å². The SMILES string of the molecule is CC1=CN(Cc2ccccc2)[C](CN)C(N2CCCC2N)=N1. The van der Waals surface area contributed by atoms with Gasteiger partial charge in [-0.15, -0.1) is 0 Å². The maximum atomic E-state index is 6.22. The number of hydrogen-bond acceptors (Lipinski definition) is 5. The first-order valence-corrected chi connectivity index (χ1v) is 7.85. The van der Waals surface area contributed by atoms with Crippen molar-refractivity contribution in [1.29, 1.82) is 0 Å². The summed E-state index contributed by atoms with van der Waals surface area (Å²) in [6.45, 7) is 4.23. The van der Waals surface area contributed by atoms with E-state index in [0.717, 1.165) is 43.5 Å². The number of benzene rings is 1. The molecule has 2 heterocycles. The lowest BCUT2D eigenvalue weighted by Gasteiger charge is -2.38. The summed E-state index contributed by atoms with van der Waals surface area (Å²) < 4.78 is 0. The third-order valence-corrected chi connectivity index (χ3v) is 4.19. The van der Waals surface area contributed by atoms with Crippen LogP contribution in [0.2, 0.25) is 0 Å². The van der Waals surface area contributed by atoms with E-state index >= 15 is 0 Å². The lowest BCUT2D eigenvalue weighted by Crippen LogP contribution is -2.50. The highest BCUT2D eigenvalue weighted by atomic mass is 15.3. The Hall–Kier alpha value is -1.85. The molecule has 2 aliphatic heterocycles. The van der Waals surface area contributed by atoms with Gasteiger partial charge in [-0.25, -0.2) is 4.99 Å². The predicted octanol–water partition coefficient (Wildman–Crippen LogP) is 1.63. The van der Waals surface area contributed by atoms with Crippen LogP contribution in [0.3, 0.4) is 0 Å². The Bertz CT molecular complexity index is 566. The first-order chi connectivity index (χ1) is 10.7. The van der Waals surface area contributed by atoms with Gasteiger partial charge < -0.3 is 21.3 Å². The van der Waals surface area contributed by atoms with Crippen LogP contribution in [-0.4, -0.2) is 34.9 Å². The number of hydrogen-bond donors (Lipinski definition) is 2. The largest absolute Gasteiger partial charge is 0.355 e. The maximum Gasteiger partial charge on any atom is 0.142 e. The number of allylic oxidation sites excluding steroid dienone is 1. The molecule has 0 saturated carbocycles. The highest BCUT2D eigenvalue weighted by Gasteiger charge is 2.34. The topological polar surface area (TPSA) is 70.9 Å². The second-order valence-corrected chi connectivity index (χ2v) is 5.87. The summed E-state index contributed by atoms with van der Waals surface area (Å²) in [5, 5.41) is 0. The monoisotopic (exact) mass is 298 g/mol. The van der Waals surface area contributed by atoms with Crippen molar-refractivity contribution in [2.24, 2.45) is 16.5 Å². The molecule has 0 aromatic heterocycles. The molecule has 117 valence electrons. The molecule has 5 heteroatoms. The molecule has 1 atom stereocenters. The fourth-order valence-electron chi connectivity index (χ4n) is 3.11. The van der Waals surface area contributed by atoms with Gasteiger partial charge in [0.1, 0.15) is 11.9 Å². The number of amidine groups is 1. The Kier molecular flexibility index (Phi) is 4.45. The molecule has 0 amide bonds. The number of rotatable bonds is 3. The van der Waals surface area contributed by atoms with Crippen LogP contribution in [0.15, 0.2) is 47.2 Å². The Morgan fingerprint density at radius 3 is 2.68 bits per heavy atom. The van der Waals surface area contributed by atoms with Gasteiger partial charge in [0, 0.05) is 25.8 Å². The fraction of sp³-hybridized carbons (Fsp3) is 0.412. The summed E-state index contributed by atoms with van der Waals surface area (Å²) in [7, 11) is 0. The van der Waals surface area contributed by atoms with Crippen molar-refractivity contribution in [3.05, 3.63) is 53.8 Å². The molecule has 1 aromatic carbocycles. The molecule has 0 aliphatic carbocycles. The van der Waals surface area contributed by atoms with E-state index in [1.165, 1.54) is 5.56 Å². The number of aliphatic imine (C=N–C) groups is 1. The highest BCUT2D eigenvalue weighted by Crippen LogP contribution is 2.27. The number of nitrogens with zero attached hydrogens (tertiary/aromatic N) is 3. The van der Waals surface area contributed by atoms with Crippen LogP contribution in [-0.2, 0) is 6.54 Å². The summed E-state index contributed by atoms with van der Waals surface area (Å²) in [4.78, 5) is 9.12. The Balaban J connectivity index is 1.84. The molecule has 1 unspecified atom stereocenters. The highest BCUT2D eigenvalue weighted by molar-refractivity contribution is 5.96. The first-order valence-electron chi connectivity index (χ1n) is 7.85. The van der Waals surface area contributed by atoms with Gasteiger partial charge in [-0.2, -0.15) is 0 Å². The predicted molar refractivity (Wildman–Crippen MR) is 89.4 cm³/mol. The van der Waals surface area contributed by atoms with Gasteiger partial charge in [-0.3, -0.25) is 0 Å². The van der Waals surface area contributed by atoms with Crippen LogP contribution in [0.25, 0.3) is 0 Å². The third-order valence-electron chi connectivity index (χ3n) is 4.19. The smallest absolute Gasteiger partial charge is 0.142 e. The van der Waals surface area contributed by atoms with Gasteiger partial charge in [-0.05, 0) is 25.3 Å². The zero-order valence-electron chi connectivity index (χ0n) is 13.1. The van der Waals surface area contributed by atoms with Gasteiger partial charge in [0.2, 0.25) is 0 Å². The lowest BCUT2D eigenvalue weighted by atomic mass is 10.1. The van der Waals surface area contributed by atoms with E-state index in [1.54, 1.807) is 0 Å². The van der Waals surface area contributed by atoms with Crippen molar-refractivity contribution in [2.75, 3.05) is 13.1 Å². The summed E-state index contributed by atoms with van der Waals surface area (Å²) >= 11 is 0. The van der Waals surface area contributed by atoms with E-state index in [-0.39, 0.29) is 6.17 Å². The van der Waals surface area contributed by atoms with E-state index in [9.17, 15) is 0 Å². The van der Waals surface area contributed by atoms with E-state index in [0.29, 0.717) is 6.54 Å². The second-order valence-electron chi connectivity index (χ2n) is 5.87. The standard InChI is InChI=1S/C17H24N5/c1-13-11-21(12-14-6-3-2-4-7-14)15(10-18)17(20-13)22-9-5-8-16(22)19/h2-4,6-7,11,16H,5,8-10,12,18-19H2,1H3. The van der Waals surface area contributed by atoms with Gasteiger partial charge in [0.05, 0.1) is 11.9 Å². The van der Waals surface area contributed by atoms with Crippen molar-refractivity contribution in [3.63, 3.8) is 0 Å². The summed E-state index contributed by atoms with van der Waals surface area (Å²) in [5.41, 5.74) is 14.5. The van der Waals surface area contributed by atoms with Crippen molar-refractivity contribution < 1.29 is 0 Å². The zero-order valence-corrected chi connectivity index (χ0v) is 13.1. The molecule has 1 fully saturated rings. The van der Waals surface area contributed by atoms with Gasteiger partial charge in [0.25, 0.3) is 0 Å². The minimum atomic E-state index is 0.0461. The lowest BCUT2D eigenvalue weighted by molar-refractivity contribution is 0.343. The van der Waals surface area contributed by atoms with Crippen molar-refractivity contribution >= 4 is 5.84 Å². The Morgan fingerprint density at radius 1 is 1.27 bits per heavy atom. The minimum absolute atomic E-state index is 0.0461. The van der Waals surface area contributed by atoms with Crippen molar-refractivity contribution in [2.45, 2.75) is 32.5 Å². The van der Waals surface area contributed by atoms with Crippen LogP contribution in [0.1, 0.15) is 25.3 Å². The Morgan fingerprint density at radius 2 is 2.05 bits per heavy atom. The quantitative estimate of drug-likeness (QED) is 0.890. The van der Waals surface area contributed by atoms with Gasteiger partial charge in [-0.1, -0.05) is 30.3 Å². The van der Waals surface area contributed by atoms with E-state index in [2.05, 4.69) is 40.3 Å². The van der Waals surface area contributed by atoms with Gasteiger partial charge in [0.15, 0.2) is 0 Å². The molecular weight excluding hydrogens is 274 g/mol. The summed E-state index contributed by atoms with van der Waals surface area (Å²) in [6, 6.07) is 11.5. The summed E-state index contributed by atoms with van der Waals surface area (Å²) in [5.74, 6) is 0.948. The maximum absolute atomic E-state index is 6.22. The van der Waals surface area contributed by atoms with Crippen LogP contribution in [0.4, 0.5) is 0 Å². The first kappa shape index (κ1) is 15.1. The third kappa shape index (κ3) is 3.00. The molecule has 0 spiro atoms. The zero-order chi connectivity index (χ0) is 15.5. The van der Waals surface area contributed by atoms with Crippen LogP contribution >= 0.6 is 0 Å². The summed E-state index contributed by atoms with van der Waals surface area (Å²) in [6.07, 6.45) is 4.24. The van der Waals surface area contributed by atoms with E-state index in [1.807, 2.05) is 13.0 Å². The van der Waals surface area contributed by atoms with E-state index < -0.39 is 0 Å². The normalized spacial score (nSPS) is 22.8. The van der Waals surface area contributed by atoms with Gasteiger partial charge >= 0.3 is 0 Å². The van der Waals surface area contributed by atoms with Crippen LogP contribution < -0.4 is 11.5 Å².